The Morgan fingerprint density at radius 2 is 1.85 bits per heavy atom. The molecule has 27 heavy (non-hydrogen) atoms. The lowest BCUT2D eigenvalue weighted by Crippen LogP contribution is -2.37. The molecule has 7 heteroatoms. The zero-order valence-corrected chi connectivity index (χ0v) is 14.5. The van der Waals surface area contributed by atoms with Crippen molar-refractivity contribution in [3.8, 4) is 0 Å². The van der Waals surface area contributed by atoms with Crippen LogP contribution >= 0.6 is 0 Å². The van der Waals surface area contributed by atoms with Gasteiger partial charge in [0.2, 0.25) is 0 Å². The molecule has 1 aromatic heterocycles. The van der Waals surface area contributed by atoms with Gasteiger partial charge in [-0.25, -0.2) is 9.87 Å². The third-order valence-corrected chi connectivity index (χ3v) is 4.97. The standard InChI is InChI=1S/C20H18FN3O3/c21-14-7-5-13(6-8-14)20(26)23-10-9-16-15-3-1-2-4-17(15)24(18(16)11-23)12-19(25)22-27/h1-8,27H,9-12H2,(H,22,25). The maximum absolute atomic E-state index is 13.1. The Kier molecular flexibility index (Phi) is 4.37. The number of hydrogen-bond acceptors (Lipinski definition) is 3. The molecule has 0 fully saturated rings. The van der Waals surface area contributed by atoms with E-state index in [0.29, 0.717) is 25.1 Å². The van der Waals surface area contributed by atoms with Crippen molar-refractivity contribution in [2.75, 3.05) is 6.54 Å². The Morgan fingerprint density at radius 1 is 1.11 bits per heavy atom. The molecule has 2 heterocycles. The summed E-state index contributed by atoms with van der Waals surface area (Å²) in [6.45, 7) is 0.854. The Hall–Kier alpha value is -3.19. The van der Waals surface area contributed by atoms with Crippen LogP contribution in [0.2, 0.25) is 0 Å². The summed E-state index contributed by atoms with van der Waals surface area (Å²) < 4.78 is 15.0. The summed E-state index contributed by atoms with van der Waals surface area (Å²) in [6, 6.07) is 13.2. The van der Waals surface area contributed by atoms with Crippen molar-refractivity contribution in [1.29, 1.82) is 0 Å². The third kappa shape index (κ3) is 3.06. The Morgan fingerprint density at radius 3 is 2.59 bits per heavy atom. The van der Waals surface area contributed by atoms with E-state index < -0.39 is 5.91 Å². The third-order valence-electron chi connectivity index (χ3n) is 4.97. The number of aromatic nitrogens is 1. The molecule has 3 aromatic rings. The van der Waals surface area contributed by atoms with E-state index in [1.165, 1.54) is 24.3 Å². The first-order valence-electron chi connectivity index (χ1n) is 8.65. The maximum Gasteiger partial charge on any atom is 0.263 e. The van der Waals surface area contributed by atoms with Gasteiger partial charge in [-0.05, 0) is 42.3 Å². The first kappa shape index (κ1) is 17.2. The van der Waals surface area contributed by atoms with E-state index in [9.17, 15) is 14.0 Å². The smallest absolute Gasteiger partial charge is 0.263 e. The van der Waals surface area contributed by atoms with E-state index in [2.05, 4.69) is 0 Å². The van der Waals surface area contributed by atoms with Crippen LogP contribution in [0.4, 0.5) is 4.39 Å². The molecule has 1 aliphatic rings. The van der Waals surface area contributed by atoms with Crippen molar-refractivity contribution >= 4 is 22.7 Å². The first-order valence-corrected chi connectivity index (χ1v) is 8.65. The number of benzene rings is 2. The number of hydrogen-bond donors (Lipinski definition) is 2. The van der Waals surface area contributed by atoms with E-state index in [-0.39, 0.29) is 18.3 Å². The highest BCUT2D eigenvalue weighted by Crippen LogP contribution is 2.31. The lowest BCUT2D eigenvalue weighted by Gasteiger charge is -2.28. The number of fused-ring (bicyclic) bond motifs is 3. The summed E-state index contributed by atoms with van der Waals surface area (Å²) in [5.74, 6) is -1.09. The molecule has 0 spiro atoms. The topological polar surface area (TPSA) is 74.6 Å². The largest absolute Gasteiger partial charge is 0.333 e. The van der Waals surface area contributed by atoms with Crippen LogP contribution in [0.15, 0.2) is 48.5 Å². The van der Waals surface area contributed by atoms with Gasteiger partial charge in [-0.15, -0.1) is 0 Å². The molecule has 2 N–H and O–H groups in total. The van der Waals surface area contributed by atoms with Crippen molar-refractivity contribution in [3.05, 3.63) is 71.2 Å². The van der Waals surface area contributed by atoms with E-state index in [0.717, 1.165) is 22.2 Å². The molecule has 138 valence electrons. The van der Waals surface area contributed by atoms with Gasteiger partial charge in [-0.2, -0.15) is 0 Å². The minimum Gasteiger partial charge on any atom is -0.333 e. The SMILES string of the molecule is O=C(Cn1c2c(c3ccccc31)CCN(C(=O)c1ccc(F)cc1)C2)NO. The molecule has 6 nitrogen and oxygen atoms in total. The zero-order valence-electron chi connectivity index (χ0n) is 14.5. The molecule has 0 bridgehead atoms. The van der Waals surface area contributed by atoms with Crippen molar-refractivity contribution in [1.82, 2.24) is 14.9 Å². The molecule has 2 aromatic carbocycles. The lowest BCUT2D eigenvalue weighted by atomic mass is 10.0. The molecule has 0 aliphatic carbocycles. The van der Waals surface area contributed by atoms with Gasteiger partial charge in [0.25, 0.3) is 11.8 Å². The Labute approximate surface area is 154 Å². The fourth-order valence-electron chi connectivity index (χ4n) is 3.70. The average molecular weight is 367 g/mol. The second kappa shape index (κ2) is 6.85. The number of hydroxylamine groups is 1. The fraction of sp³-hybridized carbons (Fsp3) is 0.200. The highest BCUT2D eigenvalue weighted by Gasteiger charge is 2.27. The van der Waals surface area contributed by atoms with Crippen LogP contribution in [-0.4, -0.2) is 33.0 Å². The highest BCUT2D eigenvalue weighted by molar-refractivity contribution is 5.95. The minimum atomic E-state index is -0.527. The van der Waals surface area contributed by atoms with Gasteiger partial charge in [0.05, 0.1) is 6.54 Å². The number of halogens is 1. The van der Waals surface area contributed by atoms with Gasteiger partial charge < -0.3 is 9.47 Å². The van der Waals surface area contributed by atoms with Crippen LogP contribution in [-0.2, 0) is 24.3 Å². The van der Waals surface area contributed by atoms with Crippen LogP contribution in [0.25, 0.3) is 10.9 Å². The van der Waals surface area contributed by atoms with Gasteiger partial charge in [-0.3, -0.25) is 14.8 Å². The normalized spacial score (nSPS) is 13.5. The predicted molar refractivity (Wildman–Crippen MR) is 96.7 cm³/mol. The monoisotopic (exact) mass is 367 g/mol. The van der Waals surface area contributed by atoms with Crippen molar-refractivity contribution in [2.24, 2.45) is 0 Å². The van der Waals surface area contributed by atoms with E-state index in [1.807, 2.05) is 28.8 Å². The summed E-state index contributed by atoms with van der Waals surface area (Å²) in [5.41, 5.74) is 4.97. The molecule has 0 saturated carbocycles. The summed E-state index contributed by atoms with van der Waals surface area (Å²) in [4.78, 5) is 26.3. The van der Waals surface area contributed by atoms with Crippen LogP contribution in [0.3, 0.4) is 0 Å². The van der Waals surface area contributed by atoms with Gasteiger partial charge >= 0.3 is 0 Å². The molecule has 2 amide bonds. The summed E-state index contributed by atoms with van der Waals surface area (Å²) >= 11 is 0. The fourth-order valence-corrected chi connectivity index (χ4v) is 3.70. The van der Waals surface area contributed by atoms with Crippen LogP contribution in [0.1, 0.15) is 21.6 Å². The molecule has 0 atom stereocenters. The predicted octanol–water partition coefficient (Wildman–Crippen LogP) is 2.48. The number of carbonyl (C=O) groups excluding carboxylic acids is 2. The molecule has 0 saturated heterocycles. The number of amides is 2. The number of rotatable bonds is 3. The lowest BCUT2D eigenvalue weighted by molar-refractivity contribution is -0.129. The van der Waals surface area contributed by atoms with Crippen molar-refractivity contribution in [3.63, 3.8) is 0 Å². The van der Waals surface area contributed by atoms with E-state index >= 15 is 0 Å². The molecular formula is C20H18FN3O3. The Bertz CT molecular complexity index is 1030. The minimum absolute atomic E-state index is 0.0368. The number of nitrogens with one attached hydrogen (secondary N) is 1. The van der Waals surface area contributed by atoms with Gasteiger partial charge in [0.1, 0.15) is 12.4 Å². The second-order valence-corrected chi connectivity index (χ2v) is 6.55. The second-order valence-electron chi connectivity index (χ2n) is 6.55. The highest BCUT2D eigenvalue weighted by atomic mass is 19.1. The average Bonchev–Trinajstić information content (AvgIpc) is 3.01. The number of para-hydroxylation sites is 1. The number of nitrogens with zero attached hydrogens (tertiary/aromatic N) is 2. The summed E-state index contributed by atoms with van der Waals surface area (Å²) in [7, 11) is 0. The van der Waals surface area contributed by atoms with Gasteiger partial charge in [-0.1, -0.05) is 18.2 Å². The summed E-state index contributed by atoms with van der Waals surface area (Å²) in [5, 5.41) is 9.96. The number of carbonyl (C=O) groups is 2. The van der Waals surface area contributed by atoms with Crippen LogP contribution < -0.4 is 5.48 Å². The van der Waals surface area contributed by atoms with Gasteiger partial charge in [0.15, 0.2) is 0 Å². The molecule has 0 radical (unpaired) electrons. The zero-order chi connectivity index (χ0) is 19.0. The first-order chi connectivity index (χ1) is 13.1. The quantitative estimate of drug-likeness (QED) is 0.552. The molecule has 4 rings (SSSR count). The van der Waals surface area contributed by atoms with Crippen molar-refractivity contribution < 1.29 is 19.2 Å². The molecule has 0 unspecified atom stereocenters. The molecule has 1 aliphatic heterocycles. The van der Waals surface area contributed by atoms with Crippen molar-refractivity contribution in [2.45, 2.75) is 19.5 Å². The summed E-state index contributed by atoms with van der Waals surface area (Å²) in [6.07, 6.45) is 0.663. The van der Waals surface area contributed by atoms with Crippen LogP contribution in [0, 0.1) is 5.82 Å². The maximum atomic E-state index is 13.1. The Balaban J connectivity index is 1.71. The molecular weight excluding hydrogens is 349 g/mol. The van der Waals surface area contributed by atoms with E-state index in [1.54, 1.807) is 10.4 Å². The van der Waals surface area contributed by atoms with E-state index in [4.69, 9.17) is 5.21 Å². The van der Waals surface area contributed by atoms with Gasteiger partial charge in [0, 0.05) is 28.7 Å². The van der Waals surface area contributed by atoms with Crippen LogP contribution in [0.5, 0.6) is 0 Å².